The van der Waals surface area contributed by atoms with Gasteiger partial charge in [-0.05, 0) is 42.3 Å². The molecule has 1 unspecified atom stereocenters. The van der Waals surface area contributed by atoms with Crippen LogP contribution >= 0.6 is 11.3 Å². The number of rotatable bonds is 10. The highest BCUT2D eigenvalue weighted by molar-refractivity contribution is 7.88. The van der Waals surface area contributed by atoms with Gasteiger partial charge in [0, 0.05) is 10.6 Å². The fourth-order valence-corrected chi connectivity index (χ4v) is 5.00. The molecule has 0 spiro atoms. The molecule has 1 aromatic heterocycles. The van der Waals surface area contributed by atoms with Gasteiger partial charge in [0.25, 0.3) is 0 Å². The van der Waals surface area contributed by atoms with E-state index in [0.29, 0.717) is 18.3 Å². The molecule has 0 aliphatic heterocycles. The molecule has 1 atom stereocenters. The van der Waals surface area contributed by atoms with Crippen molar-refractivity contribution >= 4 is 32.2 Å². The van der Waals surface area contributed by atoms with E-state index in [1.54, 1.807) is 0 Å². The summed E-state index contributed by atoms with van der Waals surface area (Å²) in [5.74, 6) is 0.751. The lowest BCUT2D eigenvalue weighted by Crippen LogP contribution is -2.27. The van der Waals surface area contributed by atoms with E-state index < -0.39 is 16.3 Å². The molecule has 0 saturated carbocycles. The minimum Gasteiger partial charge on any atom is -0.489 e. The number of ether oxygens (including phenoxy) is 1. The molecule has 3 aromatic carbocycles. The first-order valence-electron chi connectivity index (χ1n) is 11.0. The molecule has 1 heterocycles. The number of aromatic nitrogens is 1. The fourth-order valence-electron chi connectivity index (χ4n) is 3.52. The number of sulfonamides is 1. The molecule has 4 rings (SSSR count). The third kappa shape index (κ3) is 6.89. The minimum atomic E-state index is -3.59. The number of nitrogens with zero attached hydrogens (tertiary/aromatic N) is 2. The summed E-state index contributed by atoms with van der Waals surface area (Å²) < 4.78 is 31.3. The molecule has 35 heavy (non-hydrogen) atoms. The molecule has 182 valence electrons. The number of hydrogen-bond donors (Lipinski definition) is 2. The predicted octanol–water partition coefficient (Wildman–Crippen LogP) is 4.91. The number of hydrogen-bond acceptors (Lipinski definition) is 7. The molecule has 0 bridgehead atoms. The van der Waals surface area contributed by atoms with Crippen LogP contribution in [0.4, 0.5) is 10.8 Å². The van der Waals surface area contributed by atoms with Gasteiger partial charge in [-0.1, -0.05) is 60.7 Å². The second-order valence-electron chi connectivity index (χ2n) is 8.07. The lowest BCUT2D eigenvalue weighted by molar-refractivity contribution is 0.162. The van der Waals surface area contributed by atoms with Crippen molar-refractivity contribution in [2.75, 3.05) is 11.2 Å². The molecule has 9 heteroatoms. The summed E-state index contributed by atoms with van der Waals surface area (Å²) in [6.07, 6.45) is -0.413. The predicted molar refractivity (Wildman–Crippen MR) is 139 cm³/mol. The van der Waals surface area contributed by atoms with E-state index in [9.17, 15) is 13.5 Å². The maximum Gasteiger partial charge on any atom is 0.211 e. The number of aliphatic hydroxyl groups is 1. The second kappa shape index (κ2) is 11.0. The Morgan fingerprint density at radius 1 is 0.971 bits per heavy atom. The van der Waals surface area contributed by atoms with E-state index in [1.807, 2.05) is 96.8 Å². The SMILES string of the molecule is Cc1sc(N(Cc2ccccc2)c2ccc(OCc3ccccc3)cc2)nc1C(O)NS(C)(=O)=O. The van der Waals surface area contributed by atoms with Crippen molar-refractivity contribution in [3.8, 4) is 5.75 Å². The number of nitrogens with one attached hydrogen (secondary N) is 1. The van der Waals surface area contributed by atoms with Crippen LogP contribution in [0.5, 0.6) is 5.75 Å². The van der Waals surface area contributed by atoms with E-state index in [0.717, 1.165) is 33.7 Å². The third-order valence-corrected chi connectivity index (χ3v) is 6.88. The first-order chi connectivity index (χ1) is 16.8. The molecular formula is C26H27N3O4S2. The lowest BCUT2D eigenvalue weighted by atomic mass is 10.2. The van der Waals surface area contributed by atoms with Gasteiger partial charge in [0.05, 0.1) is 12.8 Å². The van der Waals surface area contributed by atoms with Gasteiger partial charge in [-0.3, -0.25) is 0 Å². The summed E-state index contributed by atoms with van der Waals surface area (Å²) in [4.78, 5) is 7.36. The molecule has 0 aliphatic carbocycles. The van der Waals surface area contributed by atoms with Crippen LogP contribution in [0.3, 0.4) is 0 Å². The van der Waals surface area contributed by atoms with E-state index in [4.69, 9.17) is 4.74 Å². The van der Waals surface area contributed by atoms with Crippen molar-refractivity contribution in [1.82, 2.24) is 9.71 Å². The average molecular weight is 510 g/mol. The summed E-state index contributed by atoms with van der Waals surface area (Å²) >= 11 is 1.39. The van der Waals surface area contributed by atoms with Crippen molar-refractivity contribution < 1.29 is 18.3 Å². The summed E-state index contributed by atoms with van der Waals surface area (Å²) in [7, 11) is -3.59. The number of thiazole rings is 1. The van der Waals surface area contributed by atoms with Gasteiger partial charge >= 0.3 is 0 Å². The van der Waals surface area contributed by atoms with Gasteiger partial charge in [0.15, 0.2) is 11.4 Å². The smallest absolute Gasteiger partial charge is 0.211 e. The van der Waals surface area contributed by atoms with Gasteiger partial charge in [-0.2, -0.15) is 4.72 Å². The second-order valence-corrected chi connectivity index (χ2v) is 11.0. The Morgan fingerprint density at radius 2 is 1.57 bits per heavy atom. The van der Waals surface area contributed by atoms with Crippen molar-refractivity contribution in [1.29, 1.82) is 0 Å². The molecule has 2 N–H and O–H groups in total. The van der Waals surface area contributed by atoms with Crippen LogP contribution in [-0.2, 0) is 23.2 Å². The molecule has 0 amide bonds. The summed E-state index contributed by atoms with van der Waals surface area (Å²) in [6, 6.07) is 27.7. The molecule has 0 fully saturated rings. The zero-order chi connectivity index (χ0) is 24.8. The molecule has 0 saturated heterocycles. The zero-order valence-electron chi connectivity index (χ0n) is 19.5. The quantitative estimate of drug-likeness (QED) is 0.295. The first-order valence-corrected chi connectivity index (χ1v) is 13.7. The van der Waals surface area contributed by atoms with E-state index in [-0.39, 0.29) is 5.69 Å². The van der Waals surface area contributed by atoms with E-state index in [1.165, 1.54) is 11.3 Å². The van der Waals surface area contributed by atoms with Crippen molar-refractivity contribution in [3.63, 3.8) is 0 Å². The summed E-state index contributed by atoms with van der Waals surface area (Å²) in [5, 5.41) is 11.0. The summed E-state index contributed by atoms with van der Waals surface area (Å²) in [5.41, 5.74) is 3.36. The van der Waals surface area contributed by atoms with Crippen molar-refractivity contribution in [2.45, 2.75) is 26.3 Å². The molecular weight excluding hydrogens is 482 g/mol. The number of benzene rings is 3. The number of anilines is 2. The Hall–Kier alpha value is -3.24. The van der Waals surface area contributed by atoms with Crippen LogP contribution in [0.15, 0.2) is 84.9 Å². The Labute approximate surface area is 209 Å². The average Bonchev–Trinajstić information content (AvgIpc) is 3.23. The van der Waals surface area contributed by atoms with Crippen molar-refractivity contribution in [3.05, 3.63) is 107 Å². The van der Waals surface area contributed by atoms with Crippen LogP contribution < -0.4 is 14.4 Å². The van der Waals surface area contributed by atoms with Crippen LogP contribution in [0.2, 0.25) is 0 Å². The number of aryl methyl sites for hydroxylation is 1. The van der Waals surface area contributed by atoms with Crippen LogP contribution in [0.1, 0.15) is 27.9 Å². The molecule has 0 aliphatic rings. The van der Waals surface area contributed by atoms with Crippen molar-refractivity contribution in [2.24, 2.45) is 0 Å². The zero-order valence-corrected chi connectivity index (χ0v) is 21.1. The van der Waals surface area contributed by atoms with Crippen LogP contribution in [0, 0.1) is 6.92 Å². The highest BCUT2D eigenvalue weighted by atomic mass is 32.2. The maximum atomic E-state index is 11.6. The van der Waals surface area contributed by atoms with Gasteiger partial charge in [-0.15, -0.1) is 11.3 Å². The monoisotopic (exact) mass is 509 g/mol. The Morgan fingerprint density at radius 3 is 2.17 bits per heavy atom. The van der Waals surface area contributed by atoms with E-state index in [2.05, 4.69) is 9.71 Å². The van der Waals surface area contributed by atoms with Gasteiger partial charge in [-0.25, -0.2) is 13.4 Å². The lowest BCUT2D eigenvalue weighted by Gasteiger charge is -2.22. The summed E-state index contributed by atoms with van der Waals surface area (Å²) in [6.45, 7) is 2.84. The van der Waals surface area contributed by atoms with Gasteiger partial charge in [0.1, 0.15) is 18.1 Å². The molecule has 7 nitrogen and oxygen atoms in total. The highest BCUT2D eigenvalue weighted by Gasteiger charge is 2.22. The third-order valence-electron chi connectivity index (χ3n) is 5.22. The highest BCUT2D eigenvalue weighted by Crippen LogP contribution is 2.35. The fraction of sp³-hybridized carbons (Fsp3) is 0.192. The number of aliphatic hydroxyl groups excluding tert-OH is 1. The van der Waals surface area contributed by atoms with Gasteiger partial charge in [0.2, 0.25) is 10.0 Å². The standard InChI is InChI=1S/C26H27N3O4S2/c1-19-24(25(30)28-35(2,31)32)27-26(34-19)29(17-20-9-5-3-6-10-20)22-13-15-23(16-14-22)33-18-21-11-7-4-8-12-21/h3-16,25,28,30H,17-18H2,1-2H3. The largest absolute Gasteiger partial charge is 0.489 e. The first kappa shape index (κ1) is 24.9. The van der Waals surface area contributed by atoms with Crippen LogP contribution in [-0.4, -0.2) is 24.8 Å². The Kier molecular flexibility index (Phi) is 7.82. The normalized spacial score (nSPS) is 12.3. The molecule has 0 radical (unpaired) electrons. The Balaban J connectivity index is 1.59. The van der Waals surface area contributed by atoms with Crippen LogP contribution in [0.25, 0.3) is 0 Å². The molecule has 4 aromatic rings. The topological polar surface area (TPSA) is 91.8 Å². The minimum absolute atomic E-state index is 0.288. The van der Waals surface area contributed by atoms with E-state index >= 15 is 0 Å². The van der Waals surface area contributed by atoms with Gasteiger partial charge < -0.3 is 14.7 Å². The Bertz CT molecular complexity index is 1340. The maximum absolute atomic E-state index is 11.6.